The Bertz CT molecular complexity index is 678. The number of ether oxygens (including phenoxy) is 1. The standard InChI is InChI=1S/C17H20N2O3/c1-21-14-5-3-11-2-4-13(8-12(11)9-14)19-10-15-6-7-16(22-15)17(18)20/h3,5-7,9,13,19H,2,4,8,10H2,1H3,(H2,18,20)/t13-/m0/s1. The molecular formula is C17H20N2O3. The highest BCUT2D eigenvalue weighted by Gasteiger charge is 2.19. The van der Waals surface area contributed by atoms with Gasteiger partial charge in [-0.15, -0.1) is 0 Å². The molecule has 1 aliphatic carbocycles. The zero-order chi connectivity index (χ0) is 15.5. The van der Waals surface area contributed by atoms with Gasteiger partial charge in [0.2, 0.25) is 0 Å². The van der Waals surface area contributed by atoms with Gasteiger partial charge in [0.05, 0.1) is 13.7 Å². The summed E-state index contributed by atoms with van der Waals surface area (Å²) in [4.78, 5) is 11.0. The number of aryl methyl sites for hydroxylation is 1. The molecule has 0 saturated carbocycles. The van der Waals surface area contributed by atoms with Gasteiger partial charge in [-0.2, -0.15) is 0 Å². The first kappa shape index (κ1) is 14.7. The third-order valence-corrected chi connectivity index (χ3v) is 4.11. The third-order valence-electron chi connectivity index (χ3n) is 4.11. The lowest BCUT2D eigenvalue weighted by molar-refractivity contribution is 0.0972. The molecule has 5 heteroatoms. The highest BCUT2D eigenvalue weighted by atomic mass is 16.5. The van der Waals surface area contributed by atoms with E-state index in [1.165, 1.54) is 11.1 Å². The van der Waals surface area contributed by atoms with Gasteiger partial charge < -0.3 is 20.2 Å². The number of methoxy groups -OCH3 is 1. The topological polar surface area (TPSA) is 77.5 Å². The van der Waals surface area contributed by atoms with E-state index in [9.17, 15) is 4.79 Å². The van der Waals surface area contributed by atoms with Crippen LogP contribution in [0.5, 0.6) is 5.75 Å². The van der Waals surface area contributed by atoms with Crippen molar-refractivity contribution in [2.45, 2.75) is 31.8 Å². The second-order valence-corrected chi connectivity index (χ2v) is 5.59. The van der Waals surface area contributed by atoms with Crippen molar-refractivity contribution in [2.75, 3.05) is 7.11 Å². The molecule has 3 rings (SSSR count). The van der Waals surface area contributed by atoms with E-state index in [1.54, 1.807) is 19.2 Å². The summed E-state index contributed by atoms with van der Waals surface area (Å²) in [6.45, 7) is 0.594. The lowest BCUT2D eigenvalue weighted by atomic mass is 9.88. The molecule has 3 N–H and O–H groups in total. The number of nitrogens with one attached hydrogen (secondary N) is 1. The molecule has 1 amide bonds. The number of carbonyl (C=O) groups is 1. The summed E-state index contributed by atoms with van der Waals surface area (Å²) in [5, 5.41) is 3.48. The molecule has 5 nitrogen and oxygen atoms in total. The summed E-state index contributed by atoms with van der Waals surface area (Å²) >= 11 is 0. The molecule has 1 atom stereocenters. The van der Waals surface area contributed by atoms with Gasteiger partial charge in [-0.05, 0) is 54.7 Å². The monoisotopic (exact) mass is 300 g/mol. The van der Waals surface area contributed by atoms with Gasteiger partial charge in [0.25, 0.3) is 5.91 Å². The normalized spacial score (nSPS) is 17.0. The van der Waals surface area contributed by atoms with E-state index in [1.807, 2.05) is 6.07 Å². The molecule has 0 radical (unpaired) electrons. The summed E-state index contributed by atoms with van der Waals surface area (Å²) in [5.74, 6) is 1.29. The van der Waals surface area contributed by atoms with Crippen LogP contribution in [0.4, 0.5) is 0 Å². The molecule has 0 aliphatic heterocycles. The molecule has 0 saturated heterocycles. The molecule has 0 spiro atoms. The van der Waals surface area contributed by atoms with Crippen molar-refractivity contribution in [3.05, 3.63) is 53.0 Å². The van der Waals surface area contributed by atoms with Crippen LogP contribution in [0.15, 0.2) is 34.7 Å². The second kappa shape index (κ2) is 6.23. The number of fused-ring (bicyclic) bond motifs is 1. The maximum absolute atomic E-state index is 11.0. The van der Waals surface area contributed by atoms with Crippen molar-refractivity contribution in [3.63, 3.8) is 0 Å². The van der Waals surface area contributed by atoms with Gasteiger partial charge in [0, 0.05) is 6.04 Å². The Morgan fingerprint density at radius 1 is 1.36 bits per heavy atom. The van der Waals surface area contributed by atoms with Gasteiger partial charge in [-0.1, -0.05) is 6.07 Å². The third kappa shape index (κ3) is 3.14. The lowest BCUT2D eigenvalue weighted by Crippen LogP contribution is -2.34. The number of hydrogen-bond donors (Lipinski definition) is 2. The van der Waals surface area contributed by atoms with Crippen LogP contribution in [0.25, 0.3) is 0 Å². The zero-order valence-electron chi connectivity index (χ0n) is 12.6. The zero-order valence-corrected chi connectivity index (χ0v) is 12.6. The van der Waals surface area contributed by atoms with E-state index < -0.39 is 5.91 Å². The fraction of sp³-hybridized carbons (Fsp3) is 0.353. The van der Waals surface area contributed by atoms with Gasteiger partial charge in [0.15, 0.2) is 5.76 Å². The van der Waals surface area contributed by atoms with E-state index >= 15 is 0 Å². The summed E-state index contributed by atoms with van der Waals surface area (Å²) in [5.41, 5.74) is 7.91. The number of amides is 1. The number of furan rings is 1. The molecule has 0 unspecified atom stereocenters. The Morgan fingerprint density at radius 3 is 2.95 bits per heavy atom. The second-order valence-electron chi connectivity index (χ2n) is 5.59. The Morgan fingerprint density at radius 2 is 2.23 bits per heavy atom. The molecule has 0 bridgehead atoms. The smallest absolute Gasteiger partial charge is 0.284 e. The average Bonchev–Trinajstić information content (AvgIpc) is 3.01. The van der Waals surface area contributed by atoms with Crippen molar-refractivity contribution < 1.29 is 13.9 Å². The molecule has 22 heavy (non-hydrogen) atoms. The molecule has 2 aromatic rings. The number of benzene rings is 1. The first-order valence-corrected chi connectivity index (χ1v) is 7.43. The summed E-state index contributed by atoms with van der Waals surface area (Å²) < 4.78 is 10.7. The van der Waals surface area contributed by atoms with Gasteiger partial charge in [-0.3, -0.25) is 4.79 Å². The van der Waals surface area contributed by atoms with Crippen molar-refractivity contribution in [3.8, 4) is 5.75 Å². The van der Waals surface area contributed by atoms with Gasteiger partial charge in [0.1, 0.15) is 11.5 Å². The van der Waals surface area contributed by atoms with Crippen molar-refractivity contribution >= 4 is 5.91 Å². The van der Waals surface area contributed by atoms with Crippen LogP contribution < -0.4 is 15.8 Å². The Balaban J connectivity index is 1.61. The minimum absolute atomic E-state index is 0.204. The summed E-state index contributed by atoms with van der Waals surface area (Å²) in [7, 11) is 1.69. The quantitative estimate of drug-likeness (QED) is 0.885. The fourth-order valence-corrected chi connectivity index (χ4v) is 2.88. The lowest BCUT2D eigenvalue weighted by Gasteiger charge is -2.25. The first-order chi connectivity index (χ1) is 10.7. The largest absolute Gasteiger partial charge is 0.497 e. The Hall–Kier alpha value is -2.27. The molecule has 1 aromatic carbocycles. The molecular weight excluding hydrogens is 280 g/mol. The summed E-state index contributed by atoms with van der Waals surface area (Å²) in [6, 6.07) is 10.1. The molecule has 1 aromatic heterocycles. The maximum atomic E-state index is 11.0. The summed E-state index contributed by atoms with van der Waals surface area (Å²) in [6.07, 6.45) is 3.11. The maximum Gasteiger partial charge on any atom is 0.284 e. The number of primary amides is 1. The average molecular weight is 300 g/mol. The van der Waals surface area contributed by atoms with E-state index in [0.717, 1.165) is 30.8 Å². The van der Waals surface area contributed by atoms with E-state index in [0.29, 0.717) is 12.6 Å². The molecule has 116 valence electrons. The number of rotatable bonds is 5. The molecule has 1 aliphatic rings. The van der Waals surface area contributed by atoms with Gasteiger partial charge >= 0.3 is 0 Å². The first-order valence-electron chi connectivity index (χ1n) is 7.43. The number of carbonyl (C=O) groups excluding carboxylic acids is 1. The van der Waals surface area contributed by atoms with Crippen LogP contribution in [0.3, 0.4) is 0 Å². The van der Waals surface area contributed by atoms with Crippen LogP contribution in [0.1, 0.15) is 33.9 Å². The Kier molecular flexibility index (Phi) is 4.15. The molecule has 0 fully saturated rings. The van der Waals surface area contributed by atoms with Crippen LogP contribution in [0, 0.1) is 0 Å². The highest BCUT2D eigenvalue weighted by Crippen LogP contribution is 2.25. The predicted octanol–water partition coefficient (Wildman–Crippen LogP) is 2.03. The van der Waals surface area contributed by atoms with Gasteiger partial charge in [-0.25, -0.2) is 0 Å². The minimum Gasteiger partial charge on any atom is -0.497 e. The van der Waals surface area contributed by atoms with Crippen molar-refractivity contribution in [2.24, 2.45) is 5.73 Å². The van der Waals surface area contributed by atoms with Crippen LogP contribution in [0.2, 0.25) is 0 Å². The number of nitrogens with two attached hydrogens (primary N) is 1. The Labute approximate surface area is 129 Å². The van der Waals surface area contributed by atoms with E-state index in [-0.39, 0.29) is 5.76 Å². The molecule has 1 heterocycles. The van der Waals surface area contributed by atoms with E-state index in [2.05, 4.69) is 17.4 Å². The predicted molar refractivity (Wildman–Crippen MR) is 82.9 cm³/mol. The minimum atomic E-state index is -0.537. The van der Waals surface area contributed by atoms with Crippen LogP contribution >= 0.6 is 0 Å². The number of hydrogen-bond acceptors (Lipinski definition) is 4. The fourth-order valence-electron chi connectivity index (χ4n) is 2.88. The SMILES string of the molecule is COc1ccc2c(c1)C[C@@H](NCc1ccc(C(N)=O)o1)CC2. The van der Waals surface area contributed by atoms with Crippen molar-refractivity contribution in [1.82, 2.24) is 5.32 Å². The van der Waals surface area contributed by atoms with Crippen molar-refractivity contribution in [1.29, 1.82) is 0 Å². The van der Waals surface area contributed by atoms with Crippen LogP contribution in [-0.4, -0.2) is 19.1 Å². The van der Waals surface area contributed by atoms with Crippen LogP contribution in [-0.2, 0) is 19.4 Å². The highest BCUT2D eigenvalue weighted by molar-refractivity contribution is 5.89. The van der Waals surface area contributed by atoms with E-state index in [4.69, 9.17) is 14.9 Å².